The van der Waals surface area contributed by atoms with E-state index < -0.39 is 18.2 Å². The van der Waals surface area contributed by atoms with E-state index in [2.05, 4.69) is 6.92 Å². The maximum atomic E-state index is 13.3. The number of ether oxygens (including phenoxy) is 2. The summed E-state index contributed by atoms with van der Waals surface area (Å²) in [5.74, 6) is 0.511. The molecule has 3 atom stereocenters. The second kappa shape index (κ2) is 10.3. The number of carbonyl (C=O) groups excluding carboxylic acids is 2. The highest BCUT2D eigenvalue weighted by molar-refractivity contribution is 5.94. The summed E-state index contributed by atoms with van der Waals surface area (Å²) < 4.78 is 11.4. The molecule has 1 fully saturated rings. The van der Waals surface area contributed by atoms with E-state index in [0.29, 0.717) is 6.61 Å². The molecule has 0 radical (unpaired) electrons. The lowest BCUT2D eigenvalue weighted by Crippen LogP contribution is -2.35. The van der Waals surface area contributed by atoms with E-state index in [9.17, 15) is 9.59 Å². The molecule has 0 aromatic heterocycles. The van der Waals surface area contributed by atoms with Crippen molar-refractivity contribution < 1.29 is 19.1 Å². The van der Waals surface area contributed by atoms with E-state index in [1.807, 2.05) is 91.9 Å². The van der Waals surface area contributed by atoms with Crippen LogP contribution in [0.4, 0.5) is 4.79 Å². The molecule has 2 amide bonds. The van der Waals surface area contributed by atoms with Crippen molar-refractivity contribution in [2.75, 3.05) is 0 Å². The third-order valence-electron chi connectivity index (χ3n) is 6.11. The van der Waals surface area contributed by atoms with Crippen molar-refractivity contribution in [1.29, 1.82) is 0 Å². The molecule has 1 heterocycles. The van der Waals surface area contributed by atoms with Crippen LogP contribution in [0.3, 0.4) is 0 Å². The fourth-order valence-corrected chi connectivity index (χ4v) is 4.34. The fraction of sp³-hybridized carbons (Fsp3) is 0.286. The van der Waals surface area contributed by atoms with E-state index in [1.165, 1.54) is 4.90 Å². The zero-order valence-electron chi connectivity index (χ0n) is 19.0. The molecule has 33 heavy (non-hydrogen) atoms. The molecule has 0 aliphatic carbocycles. The van der Waals surface area contributed by atoms with Gasteiger partial charge in [-0.25, -0.2) is 9.69 Å². The second-order valence-corrected chi connectivity index (χ2v) is 8.36. The monoisotopic (exact) mass is 443 g/mol. The fourth-order valence-electron chi connectivity index (χ4n) is 4.34. The third kappa shape index (κ3) is 5.25. The number of hydrogen-bond acceptors (Lipinski definition) is 4. The molecule has 0 bridgehead atoms. The molecule has 5 nitrogen and oxygen atoms in total. The molecule has 0 spiro atoms. The standard InChI is InChI=1S/C28H29NO4/c1-3-22(24-15-10-16-25(17-24)32-19-21-11-6-4-7-12-21)18-26(30)29-27(20(2)33-28(29)31)23-13-8-5-9-14-23/h4-17,20,22,27H,3,18-19H2,1-2H3/t20-,22+,27-/m0/s1. The van der Waals surface area contributed by atoms with Gasteiger partial charge >= 0.3 is 6.09 Å². The average Bonchev–Trinajstić information content (AvgIpc) is 3.16. The van der Waals surface area contributed by atoms with Crippen LogP contribution in [0.2, 0.25) is 0 Å². The molecule has 5 heteroatoms. The highest BCUT2D eigenvalue weighted by Crippen LogP contribution is 2.36. The minimum atomic E-state index is -0.573. The smallest absolute Gasteiger partial charge is 0.417 e. The largest absolute Gasteiger partial charge is 0.489 e. The maximum Gasteiger partial charge on any atom is 0.417 e. The molecular weight excluding hydrogens is 414 g/mol. The van der Waals surface area contributed by atoms with Gasteiger partial charge in [0, 0.05) is 6.42 Å². The van der Waals surface area contributed by atoms with Crippen molar-refractivity contribution in [1.82, 2.24) is 4.90 Å². The highest BCUT2D eigenvalue weighted by Gasteiger charge is 2.44. The molecule has 4 rings (SSSR count). The summed E-state index contributed by atoms with van der Waals surface area (Å²) in [7, 11) is 0. The Hall–Kier alpha value is -3.60. The van der Waals surface area contributed by atoms with E-state index in [0.717, 1.165) is 28.9 Å². The van der Waals surface area contributed by atoms with Crippen LogP contribution >= 0.6 is 0 Å². The minimum absolute atomic E-state index is 0.0297. The first-order valence-corrected chi connectivity index (χ1v) is 11.4. The molecule has 1 saturated heterocycles. The average molecular weight is 444 g/mol. The summed E-state index contributed by atoms with van der Waals surface area (Å²) in [6.07, 6.45) is 0.0290. The number of carbonyl (C=O) groups is 2. The van der Waals surface area contributed by atoms with Crippen LogP contribution in [0, 0.1) is 0 Å². The molecule has 1 aliphatic rings. The number of rotatable bonds is 8. The van der Waals surface area contributed by atoms with Crippen LogP contribution in [0.5, 0.6) is 5.75 Å². The van der Waals surface area contributed by atoms with E-state index in [1.54, 1.807) is 0 Å². The first-order chi connectivity index (χ1) is 16.1. The number of amides is 2. The van der Waals surface area contributed by atoms with Gasteiger partial charge in [0.15, 0.2) is 0 Å². The third-order valence-corrected chi connectivity index (χ3v) is 6.11. The second-order valence-electron chi connectivity index (χ2n) is 8.36. The van der Waals surface area contributed by atoms with Gasteiger partial charge in [0.25, 0.3) is 0 Å². The Morgan fingerprint density at radius 3 is 2.39 bits per heavy atom. The van der Waals surface area contributed by atoms with Gasteiger partial charge in [0.05, 0.1) is 0 Å². The summed E-state index contributed by atoms with van der Waals surface area (Å²) in [6, 6.07) is 27.0. The lowest BCUT2D eigenvalue weighted by Gasteiger charge is -2.24. The Labute approximate surface area is 194 Å². The van der Waals surface area contributed by atoms with Crippen LogP contribution in [0.15, 0.2) is 84.9 Å². The van der Waals surface area contributed by atoms with Gasteiger partial charge in [-0.2, -0.15) is 0 Å². The van der Waals surface area contributed by atoms with E-state index in [-0.39, 0.29) is 18.2 Å². The highest BCUT2D eigenvalue weighted by atomic mass is 16.6. The first kappa shape index (κ1) is 22.6. The van der Waals surface area contributed by atoms with Gasteiger partial charge in [-0.1, -0.05) is 79.7 Å². The number of nitrogens with zero attached hydrogens (tertiary/aromatic N) is 1. The summed E-state index contributed by atoms with van der Waals surface area (Å²) in [6.45, 7) is 4.36. The van der Waals surface area contributed by atoms with Gasteiger partial charge in [0.1, 0.15) is 24.5 Å². The zero-order chi connectivity index (χ0) is 23.2. The quantitative estimate of drug-likeness (QED) is 0.412. The molecule has 0 unspecified atom stereocenters. The van der Waals surface area contributed by atoms with Gasteiger partial charge in [-0.3, -0.25) is 4.79 Å². The maximum absolute atomic E-state index is 13.3. The van der Waals surface area contributed by atoms with Gasteiger partial charge in [-0.15, -0.1) is 0 Å². The lowest BCUT2D eigenvalue weighted by molar-refractivity contribution is -0.129. The van der Waals surface area contributed by atoms with Crippen molar-refractivity contribution in [3.05, 3.63) is 102 Å². The Balaban J connectivity index is 1.48. The molecule has 3 aromatic rings. The van der Waals surface area contributed by atoms with Crippen LogP contribution in [-0.2, 0) is 16.1 Å². The van der Waals surface area contributed by atoms with Gasteiger partial charge in [0.2, 0.25) is 5.91 Å². The van der Waals surface area contributed by atoms with Gasteiger partial charge in [-0.05, 0) is 48.1 Å². The molecule has 0 saturated carbocycles. The SMILES string of the molecule is CC[C@H](CC(=O)N1C(=O)O[C@@H](C)[C@H]1c1ccccc1)c1cccc(OCc2ccccc2)c1. The number of cyclic esters (lactones) is 1. The van der Waals surface area contributed by atoms with Crippen molar-refractivity contribution in [2.24, 2.45) is 0 Å². The number of imide groups is 1. The van der Waals surface area contributed by atoms with E-state index in [4.69, 9.17) is 9.47 Å². The predicted octanol–water partition coefficient (Wildman–Crippen LogP) is 6.26. The number of benzene rings is 3. The Morgan fingerprint density at radius 1 is 1.00 bits per heavy atom. The molecule has 1 aliphatic heterocycles. The topological polar surface area (TPSA) is 55.8 Å². The molecule has 170 valence electrons. The summed E-state index contributed by atoms with van der Waals surface area (Å²) in [4.78, 5) is 27.2. The van der Waals surface area contributed by atoms with Crippen molar-refractivity contribution in [3.8, 4) is 5.75 Å². The van der Waals surface area contributed by atoms with Crippen molar-refractivity contribution in [2.45, 2.75) is 51.4 Å². The minimum Gasteiger partial charge on any atom is -0.489 e. The van der Waals surface area contributed by atoms with Crippen molar-refractivity contribution in [3.63, 3.8) is 0 Å². The first-order valence-electron chi connectivity index (χ1n) is 11.4. The summed E-state index contributed by atoms with van der Waals surface area (Å²) >= 11 is 0. The van der Waals surface area contributed by atoms with Crippen LogP contribution < -0.4 is 4.74 Å². The Kier molecular flexibility index (Phi) is 7.08. The molecule has 0 N–H and O–H groups in total. The molecule has 3 aromatic carbocycles. The van der Waals surface area contributed by atoms with Crippen LogP contribution in [0.25, 0.3) is 0 Å². The number of hydrogen-bond donors (Lipinski definition) is 0. The van der Waals surface area contributed by atoms with Crippen LogP contribution in [-0.4, -0.2) is 23.0 Å². The Morgan fingerprint density at radius 2 is 1.70 bits per heavy atom. The summed E-state index contributed by atoms with van der Waals surface area (Å²) in [5, 5.41) is 0. The normalized spacial score (nSPS) is 18.6. The Bertz CT molecular complexity index is 1080. The molecular formula is C28H29NO4. The van der Waals surface area contributed by atoms with E-state index >= 15 is 0 Å². The summed E-state index contributed by atoms with van der Waals surface area (Å²) in [5.41, 5.74) is 3.01. The van der Waals surface area contributed by atoms with Crippen LogP contribution in [0.1, 0.15) is 55.3 Å². The van der Waals surface area contributed by atoms with Gasteiger partial charge < -0.3 is 9.47 Å². The van der Waals surface area contributed by atoms with Crippen molar-refractivity contribution >= 4 is 12.0 Å². The zero-order valence-corrected chi connectivity index (χ0v) is 19.0. The predicted molar refractivity (Wildman–Crippen MR) is 127 cm³/mol. The lowest BCUT2D eigenvalue weighted by atomic mass is 9.92.